The van der Waals surface area contributed by atoms with Crippen LogP contribution in [0.1, 0.15) is 27.4 Å². The van der Waals surface area contributed by atoms with Crippen molar-refractivity contribution in [1.29, 1.82) is 0 Å². The molecule has 1 fully saturated rings. The Morgan fingerprint density at radius 3 is 2.72 bits per heavy atom. The summed E-state index contributed by atoms with van der Waals surface area (Å²) < 4.78 is 22.7. The molecular weight excluding hydrogens is 256 g/mol. The lowest BCUT2D eigenvalue weighted by molar-refractivity contribution is 0.0742. The highest BCUT2D eigenvalue weighted by Gasteiger charge is 2.33. The van der Waals surface area contributed by atoms with Crippen LogP contribution in [0.25, 0.3) is 0 Å². The molecule has 1 aliphatic rings. The van der Waals surface area contributed by atoms with Crippen molar-refractivity contribution >= 4 is 22.0 Å². The summed E-state index contributed by atoms with van der Waals surface area (Å²) in [6.07, 6.45) is 1.09. The molecule has 1 aromatic rings. The van der Waals surface area contributed by atoms with Gasteiger partial charge < -0.3 is 9.88 Å². The van der Waals surface area contributed by atoms with Crippen LogP contribution in [0.2, 0.25) is 0 Å². The molecule has 1 N–H and O–H groups in total. The molecule has 1 unspecified atom stereocenters. The highest BCUT2D eigenvalue weighted by Crippen LogP contribution is 2.18. The summed E-state index contributed by atoms with van der Waals surface area (Å²) in [5.74, 6) is -0.166. The zero-order valence-electron chi connectivity index (χ0n) is 9.92. The topological polar surface area (TPSA) is 87.3 Å². The molecule has 98 valence electrons. The first-order chi connectivity index (χ1) is 8.43. The number of rotatable bonds is 3. The van der Waals surface area contributed by atoms with Crippen molar-refractivity contribution in [2.75, 3.05) is 18.6 Å². The normalized spacial score (nSPS) is 21.7. The first-order valence-electron chi connectivity index (χ1n) is 5.55. The van der Waals surface area contributed by atoms with Crippen LogP contribution in [-0.4, -0.2) is 55.1 Å². The fourth-order valence-electron chi connectivity index (χ4n) is 2.04. The number of carbonyl (C=O) groups is 2. The van der Waals surface area contributed by atoms with Crippen LogP contribution in [-0.2, 0) is 9.84 Å². The van der Waals surface area contributed by atoms with Gasteiger partial charge in [0.1, 0.15) is 5.69 Å². The Kier molecular flexibility index (Phi) is 3.25. The average Bonchev–Trinajstić information content (AvgIpc) is 2.93. The minimum absolute atomic E-state index is 0.0104. The van der Waals surface area contributed by atoms with Gasteiger partial charge in [-0.15, -0.1) is 0 Å². The van der Waals surface area contributed by atoms with Crippen LogP contribution < -0.4 is 0 Å². The number of nitrogens with one attached hydrogen (secondary N) is 1. The maximum Gasteiger partial charge on any atom is 0.270 e. The van der Waals surface area contributed by atoms with Gasteiger partial charge in [-0.2, -0.15) is 0 Å². The fraction of sp³-hybridized carbons (Fsp3) is 0.455. The smallest absolute Gasteiger partial charge is 0.270 e. The molecule has 0 spiro atoms. The minimum Gasteiger partial charge on any atom is -0.348 e. The number of nitrogens with zero attached hydrogens (tertiary/aromatic N) is 1. The van der Waals surface area contributed by atoms with E-state index in [1.807, 2.05) is 0 Å². The summed E-state index contributed by atoms with van der Waals surface area (Å²) in [5, 5.41) is 0. The maximum atomic E-state index is 12.1. The van der Waals surface area contributed by atoms with Gasteiger partial charge in [-0.25, -0.2) is 8.42 Å². The van der Waals surface area contributed by atoms with Crippen molar-refractivity contribution in [3.05, 3.63) is 23.5 Å². The zero-order chi connectivity index (χ0) is 13.3. The van der Waals surface area contributed by atoms with Crippen LogP contribution in [0.3, 0.4) is 0 Å². The molecule has 1 aromatic heterocycles. The third kappa shape index (κ3) is 2.45. The van der Waals surface area contributed by atoms with Crippen molar-refractivity contribution in [2.45, 2.75) is 12.5 Å². The van der Waals surface area contributed by atoms with E-state index in [1.54, 1.807) is 7.05 Å². The van der Waals surface area contributed by atoms with Gasteiger partial charge in [0.25, 0.3) is 5.91 Å². The molecule has 1 amide bonds. The molecule has 1 aliphatic heterocycles. The van der Waals surface area contributed by atoms with Crippen molar-refractivity contribution in [3.63, 3.8) is 0 Å². The van der Waals surface area contributed by atoms with Crippen LogP contribution in [0.5, 0.6) is 0 Å². The number of hydrogen-bond donors (Lipinski definition) is 1. The molecule has 0 bridgehead atoms. The van der Waals surface area contributed by atoms with Gasteiger partial charge in [0.05, 0.1) is 17.2 Å². The summed E-state index contributed by atoms with van der Waals surface area (Å²) in [7, 11) is -1.44. The third-order valence-corrected chi connectivity index (χ3v) is 4.89. The Hall–Kier alpha value is -1.63. The predicted octanol–water partition coefficient (Wildman–Crippen LogP) is 0.0863. The number of hydrogen-bond acceptors (Lipinski definition) is 4. The van der Waals surface area contributed by atoms with Gasteiger partial charge in [0, 0.05) is 13.1 Å². The van der Waals surface area contributed by atoms with Gasteiger partial charge in [-0.05, 0) is 18.6 Å². The van der Waals surface area contributed by atoms with E-state index in [0.717, 1.165) is 0 Å². The molecule has 1 saturated heterocycles. The van der Waals surface area contributed by atoms with E-state index >= 15 is 0 Å². The van der Waals surface area contributed by atoms with Crippen molar-refractivity contribution in [1.82, 2.24) is 9.88 Å². The Labute approximate surface area is 105 Å². The summed E-state index contributed by atoms with van der Waals surface area (Å²) in [4.78, 5) is 26.7. The van der Waals surface area contributed by atoms with E-state index in [1.165, 1.54) is 17.0 Å². The summed E-state index contributed by atoms with van der Waals surface area (Å²) in [6, 6.07) is 2.75. The quantitative estimate of drug-likeness (QED) is 0.788. The van der Waals surface area contributed by atoms with Gasteiger partial charge in [0.15, 0.2) is 16.1 Å². The monoisotopic (exact) mass is 270 g/mol. The molecule has 0 aliphatic carbocycles. The number of aromatic nitrogens is 1. The van der Waals surface area contributed by atoms with Crippen molar-refractivity contribution in [2.24, 2.45) is 0 Å². The molecule has 18 heavy (non-hydrogen) atoms. The average molecular weight is 270 g/mol. The maximum absolute atomic E-state index is 12.1. The molecule has 2 rings (SSSR count). The number of carbonyl (C=O) groups excluding carboxylic acids is 2. The summed E-state index contributed by atoms with van der Waals surface area (Å²) in [5.41, 5.74) is 0.620. The molecule has 0 saturated carbocycles. The number of H-pyrrole nitrogens is 1. The molecule has 7 heteroatoms. The Bertz CT molecular complexity index is 576. The lowest BCUT2D eigenvalue weighted by Crippen LogP contribution is -2.38. The molecule has 2 heterocycles. The molecule has 6 nitrogen and oxygen atoms in total. The van der Waals surface area contributed by atoms with Crippen molar-refractivity contribution in [3.8, 4) is 0 Å². The first kappa shape index (κ1) is 12.8. The fourth-order valence-corrected chi connectivity index (χ4v) is 3.82. The number of aromatic amines is 1. The van der Waals surface area contributed by atoms with Gasteiger partial charge in [-0.3, -0.25) is 9.59 Å². The van der Waals surface area contributed by atoms with Gasteiger partial charge in [-0.1, -0.05) is 0 Å². The van der Waals surface area contributed by atoms with Crippen LogP contribution >= 0.6 is 0 Å². The van der Waals surface area contributed by atoms with E-state index in [-0.39, 0.29) is 23.5 Å². The molecule has 0 aromatic carbocycles. The summed E-state index contributed by atoms with van der Waals surface area (Å²) in [6.45, 7) is 0. The van der Waals surface area contributed by atoms with E-state index < -0.39 is 9.84 Å². The van der Waals surface area contributed by atoms with Crippen LogP contribution in [0.15, 0.2) is 12.1 Å². The van der Waals surface area contributed by atoms with E-state index in [0.29, 0.717) is 24.1 Å². The third-order valence-electron chi connectivity index (χ3n) is 3.14. The van der Waals surface area contributed by atoms with Crippen LogP contribution in [0.4, 0.5) is 0 Å². The SMILES string of the molecule is CN(C(=O)c1ccc(C=O)[nH]1)C1CCS(=O)(=O)C1. The minimum atomic E-state index is -3.02. The predicted molar refractivity (Wildman–Crippen MR) is 65.3 cm³/mol. The number of amides is 1. The van der Waals surface area contributed by atoms with Gasteiger partial charge in [0.2, 0.25) is 0 Å². The molecule has 0 radical (unpaired) electrons. The van der Waals surface area contributed by atoms with E-state index in [9.17, 15) is 18.0 Å². The second-order valence-corrected chi connectivity index (χ2v) is 6.65. The Balaban J connectivity index is 2.12. The molecule has 1 atom stereocenters. The Morgan fingerprint density at radius 1 is 1.50 bits per heavy atom. The van der Waals surface area contributed by atoms with Crippen molar-refractivity contribution < 1.29 is 18.0 Å². The largest absolute Gasteiger partial charge is 0.348 e. The van der Waals surface area contributed by atoms with E-state index in [2.05, 4.69) is 4.98 Å². The first-order valence-corrected chi connectivity index (χ1v) is 7.37. The highest BCUT2D eigenvalue weighted by molar-refractivity contribution is 7.91. The standard InChI is InChI=1S/C11H14N2O4S/c1-13(9-4-5-18(16,17)7-9)11(15)10-3-2-8(6-14)12-10/h2-3,6,9,12H,4-5,7H2,1H3. The number of sulfone groups is 1. The second kappa shape index (κ2) is 4.56. The lowest BCUT2D eigenvalue weighted by atomic mass is 10.2. The lowest BCUT2D eigenvalue weighted by Gasteiger charge is -2.22. The Morgan fingerprint density at radius 2 is 2.22 bits per heavy atom. The second-order valence-electron chi connectivity index (χ2n) is 4.42. The molecular formula is C11H14N2O4S. The van der Waals surface area contributed by atoms with Crippen LogP contribution in [0, 0.1) is 0 Å². The summed E-state index contributed by atoms with van der Waals surface area (Å²) >= 11 is 0. The highest BCUT2D eigenvalue weighted by atomic mass is 32.2. The number of aldehydes is 1. The van der Waals surface area contributed by atoms with Gasteiger partial charge >= 0.3 is 0 Å². The van der Waals surface area contributed by atoms with E-state index in [4.69, 9.17) is 0 Å². The zero-order valence-corrected chi connectivity index (χ0v) is 10.7.